The molecule has 2 N–H and O–H groups in total. The van der Waals surface area contributed by atoms with Crippen LogP contribution >= 0.6 is 39.3 Å². The van der Waals surface area contributed by atoms with Crippen LogP contribution in [0.4, 0.5) is 0 Å². The maximum atomic E-state index is 5.57. The molecule has 1 atom stereocenters. The number of nitrogens with one attached hydrogen (secondary N) is 2. The molecule has 1 rings (SSSR count). The van der Waals surface area contributed by atoms with Crippen molar-refractivity contribution in [2.75, 3.05) is 62.4 Å². The van der Waals surface area contributed by atoms with Gasteiger partial charge in [0.2, 0.25) is 7.51 Å². The van der Waals surface area contributed by atoms with Crippen LogP contribution in [-0.4, -0.2) is 86.6 Å². The van der Waals surface area contributed by atoms with Crippen molar-refractivity contribution >= 4 is 39.3 Å². The van der Waals surface area contributed by atoms with Crippen LogP contribution in [0.2, 0.25) is 0 Å². The lowest BCUT2D eigenvalue weighted by molar-refractivity contribution is 0.425. The lowest BCUT2D eigenvalue weighted by Gasteiger charge is -2.44. The topological polar surface area (TPSA) is 49.4 Å². The van der Waals surface area contributed by atoms with Crippen LogP contribution < -0.4 is 10.2 Å². The molecule has 10 heteroatoms. The van der Waals surface area contributed by atoms with Gasteiger partial charge in [-0.25, -0.2) is 14.0 Å². The van der Waals surface area contributed by atoms with Crippen LogP contribution in [0.1, 0.15) is 27.2 Å². The molecule has 146 valence electrons. The van der Waals surface area contributed by atoms with Crippen LogP contribution in [0.15, 0.2) is 4.52 Å². The number of halogens is 1. The maximum Gasteiger partial charge on any atom is 0.352 e. The van der Waals surface area contributed by atoms with Gasteiger partial charge in [0, 0.05) is 25.7 Å². The fourth-order valence-corrected chi connectivity index (χ4v) is 11.8. The molecule has 0 aromatic carbocycles. The molecule has 1 fully saturated rings. The molecule has 1 heterocycles. The largest absolute Gasteiger partial charge is 0.352 e. The van der Waals surface area contributed by atoms with Gasteiger partial charge in [0.25, 0.3) is 0 Å². The summed E-state index contributed by atoms with van der Waals surface area (Å²) in [6.45, 7) is 8.74. The summed E-state index contributed by atoms with van der Waals surface area (Å²) in [6, 6.07) is 0. The van der Waals surface area contributed by atoms with Crippen molar-refractivity contribution in [3.8, 4) is 0 Å². The van der Waals surface area contributed by atoms with E-state index in [1.54, 1.807) is 0 Å². The van der Waals surface area contributed by atoms with Gasteiger partial charge in [0.05, 0.1) is 0 Å². The highest BCUT2D eigenvalue weighted by atomic mass is 127. The zero-order valence-corrected chi connectivity index (χ0v) is 21.3. The summed E-state index contributed by atoms with van der Waals surface area (Å²) >= 11 is 0. The van der Waals surface area contributed by atoms with Crippen molar-refractivity contribution in [3.63, 3.8) is 0 Å². The van der Waals surface area contributed by atoms with Crippen molar-refractivity contribution < 1.29 is 0 Å². The van der Waals surface area contributed by atoms with Gasteiger partial charge in [-0.1, -0.05) is 0 Å². The normalized spacial score (nSPS) is 23.7. The highest BCUT2D eigenvalue weighted by Crippen LogP contribution is 2.69. The molecule has 0 aliphatic carbocycles. The predicted octanol–water partition coefficient (Wildman–Crippen LogP) is 3.23. The van der Waals surface area contributed by atoms with Gasteiger partial charge in [-0.05, 0) is 74.0 Å². The Morgan fingerprint density at radius 1 is 1.04 bits per heavy atom. The first-order valence-electron chi connectivity index (χ1n) is 8.20. The summed E-state index contributed by atoms with van der Waals surface area (Å²) in [5, 5.41) is 7.61. The Morgan fingerprint density at radius 2 is 1.50 bits per heavy atom. The number of hydrogen-bond donors (Lipinski definition) is 2. The van der Waals surface area contributed by atoms with Crippen LogP contribution in [0.3, 0.4) is 0 Å². The third kappa shape index (κ3) is 5.57. The summed E-state index contributed by atoms with van der Waals surface area (Å²) < 4.78 is 14.8. The van der Waals surface area contributed by atoms with Crippen LogP contribution in [0.5, 0.6) is 0 Å². The van der Waals surface area contributed by atoms with Gasteiger partial charge in [-0.15, -0.1) is 38.8 Å². The van der Waals surface area contributed by atoms with Crippen LogP contribution in [0, 0.1) is 0 Å². The molecule has 24 heavy (non-hydrogen) atoms. The van der Waals surface area contributed by atoms with E-state index in [1.807, 2.05) is 0 Å². The molecule has 1 aliphatic rings. The summed E-state index contributed by atoms with van der Waals surface area (Å²) in [5.74, 6) is 0. The monoisotopic (exact) mass is 494 g/mol. The first-order valence-corrected chi connectivity index (χ1v) is 11.5. The summed E-state index contributed by atoms with van der Waals surface area (Å²) in [5.41, 5.74) is -0.00350. The second-order valence-corrected chi connectivity index (χ2v) is 14.4. The number of rotatable bonds is 5. The fourth-order valence-electron chi connectivity index (χ4n) is 3.01. The van der Waals surface area contributed by atoms with E-state index in [0.29, 0.717) is 0 Å². The Hall–Kier alpha value is 1.15. The van der Waals surface area contributed by atoms with Crippen molar-refractivity contribution in [2.45, 2.75) is 32.7 Å². The molecule has 0 aromatic rings. The van der Waals surface area contributed by atoms with Crippen LogP contribution in [-0.2, 0) is 0 Å². The van der Waals surface area contributed by atoms with Crippen molar-refractivity contribution in [1.82, 2.24) is 28.9 Å². The molecule has 0 saturated carbocycles. The SMILES string of the molecule is CN(C)P(=N[P+]1(NC(C)(C)C)NCCCN1C)(N(C)C)N(C)C.I. The van der Waals surface area contributed by atoms with E-state index in [1.165, 1.54) is 0 Å². The highest BCUT2D eigenvalue weighted by molar-refractivity contribution is 14.0. The second kappa shape index (κ2) is 9.38. The predicted molar refractivity (Wildman–Crippen MR) is 121 cm³/mol. The Morgan fingerprint density at radius 3 is 1.83 bits per heavy atom. The summed E-state index contributed by atoms with van der Waals surface area (Å²) in [6.07, 6.45) is 1.16. The zero-order chi connectivity index (χ0) is 18.1. The van der Waals surface area contributed by atoms with E-state index in [0.717, 1.165) is 19.5 Å². The Bertz CT molecular complexity index is 422. The minimum Gasteiger partial charge on any atom is -0.249 e. The Labute approximate surface area is 167 Å². The quantitative estimate of drug-likeness (QED) is 0.453. The Kier molecular flexibility index (Phi) is 9.83. The third-order valence-electron chi connectivity index (χ3n) is 3.84. The van der Waals surface area contributed by atoms with E-state index >= 15 is 0 Å². The molecule has 1 aliphatic heterocycles. The molecular formula is C14H39IN7P2+. The van der Waals surface area contributed by atoms with E-state index in [2.05, 4.69) is 99.0 Å². The Balaban J connectivity index is 0.00000529. The van der Waals surface area contributed by atoms with E-state index in [-0.39, 0.29) is 29.5 Å². The first kappa shape index (κ1) is 25.1. The van der Waals surface area contributed by atoms with E-state index < -0.39 is 15.4 Å². The molecule has 0 aromatic heterocycles. The molecule has 0 spiro atoms. The fraction of sp³-hybridized carbons (Fsp3) is 1.00. The highest BCUT2D eigenvalue weighted by Gasteiger charge is 2.52. The second-order valence-electron chi connectivity index (χ2n) is 7.77. The lowest BCUT2D eigenvalue weighted by Crippen LogP contribution is -2.49. The van der Waals surface area contributed by atoms with Crippen molar-refractivity contribution in [3.05, 3.63) is 0 Å². The van der Waals surface area contributed by atoms with Gasteiger partial charge < -0.3 is 0 Å². The van der Waals surface area contributed by atoms with Gasteiger partial charge in [0.1, 0.15) is 0 Å². The number of hydrogen-bond acceptors (Lipinski definition) is 4. The minimum atomic E-state index is -2.00. The molecular weight excluding hydrogens is 455 g/mol. The maximum absolute atomic E-state index is 5.57. The molecule has 7 nitrogen and oxygen atoms in total. The average molecular weight is 494 g/mol. The summed E-state index contributed by atoms with van der Waals surface area (Å²) in [4.78, 5) is 0. The van der Waals surface area contributed by atoms with Crippen molar-refractivity contribution in [1.29, 1.82) is 0 Å². The number of nitrogens with zero attached hydrogens (tertiary/aromatic N) is 5. The van der Waals surface area contributed by atoms with Gasteiger partial charge in [0.15, 0.2) is 0 Å². The van der Waals surface area contributed by atoms with Gasteiger partial charge in [-0.2, -0.15) is 0 Å². The summed E-state index contributed by atoms with van der Waals surface area (Å²) in [7, 11) is 11.0. The van der Waals surface area contributed by atoms with Gasteiger partial charge >= 0.3 is 7.87 Å². The van der Waals surface area contributed by atoms with Gasteiger partial charge in [-0.3, -0.25) is 0 Å². The first-order chi connectivity index (χ1) is 10.4. The standard InChI is InChI=1S/C14H38N7P2.HI/c1-14(2,3)16-22(15-12-11-13-21(22)10)17-23(18(4)5,19(6)7)20(8)9;/h15-16H,11-13H2,1-10H3;1H/q+1;. The molecule has 0 radical (unpaired) electrons. The minimum absolute atomic E-state index is 0. The molecule has 1 saturated heterocycles. The molecule has 0 amide bonds. The van der Waals surface area contributed by atoms with Crippen LogP contribution in [0.25, 0.3) is 0 Å². The van der Waals surface area contributed by atoms with Crippen molar-refractivity contribution in [2.24, 2.45) is 4.52 Å². The average Bonchev–Trinajstić information content (AvgIpc) is 2.36. The lowest BCUT2D eigenvalue weighted by atomic mass is 10.1. The molecule has 1 unspecified atom stereocenters. The van der Waals surface area contributed by atoms with E-state index in [4.69, 9.17) is 4.52 Å². The van der Waals surface area contributed by atoms with E-state index in [9.17, 15) is 0 Å². The molecule has 0 bridgehead atoms. The smallest absolute Gasteiger partial charge is 0.249 e. The third-order valence-corrected chi connectivity index (χ3v) is 11.9. The zero-order valence-electron chi connectivity index (χ0n) is 17.2.